The molecule has 0 aromatic carbocycles. The van der Waals surface area contributed by atoms with E-state index in [9.17, 15) is 13.6 Å². The molecule has 0 saturated carbocycles. The molecule has 1 unspecified atom stereocenters. The van der Waals surface area contributed by atoms with Crippen molar-refractivity contribution >= 4 is 5.91 Å². The van der Waals surface area contributed by atoms with Crippen molar-refractivity contribution in [1.82, 2.24) is 24.9 Å². The van der Waals surface area contributed by atoms with Gasteiger partial charge >= 0.3 is 0 Å². The molecule has 2 heterocycles. The van der Waals surface area contributed by atoms with E-state index in [2.05, 4.69) is 15.5 Å². The summed E-state index contributed by atoms with van der Waals surface area (Å²) in [6, 6.07) is 0.633. The molecule has 0 aliphatic carbocycles. The van der Waals surface area contributed by atoms with Gasteiger partial charge in [0.15, 0.2) is 0 Å². The first-order valence-electron chi connectivity index (χ1n) is 7.05. The van der Waals surface area contributed by atoms with Crippen LogP contribution in [0, 0.1) is 6.92 Å². The Bertz CT molecular complexity index is 649. The lowest BCUT2D eigenvalue weighted by molar-refractivity contribution is -0.124. The fourth-order valence-electron chi connectivity index (χ4n) is 2.13. The van der Waals surface area contributed by atoms with Crippen LogP contribution in [0.4, 0.5) is 8.78 Å². The first kappa shape index (κ1) is 16.1. The zero-order valence-electron chi connectivity index (χ0n) is 12.8. The normalized spacial score (nSPS) is 12.6. The highest BCUT2D eigenvalue weighted by Gasteiger charge is 2.21. The van der Waals surface area contributed by atoms with E-state index in [4.69, 9.17) is 0 Å². The predicted molar refractivity (Wildman–Crippen MR) is 76.4 cm³/mol. The third kappa shape index (κ3) is 3.49. The Morgan fingerprint density at radius 3 is 2.73 bits per heavy atom. The minimum atomic E-state index is -2.64. The summed E-state index contributed by atoms with van der Waals surface area (Å²) in [4.78, 5) is 12.1. The molecule has 6 nitrogen and oxygen atoms in total. The van der Waals surface area contributed by atoms with E-state index in [1.54, 1.807) is 24.7 Å². The molecular weight excluding hydrogens is 292 g/mol. The van der Waals surface area contributed by atoms with Crippen LogP contribution >= 0.6 is 0 Å². The first-order valence-corrected chi connectivity index (χ1v) is 7.05. The second kappa shape index (κ2) is 6.67. The highest BCUT2D eigenvalue weighted by atomic mass is 19.3. The molecule has 0 saturated heterocycles. The quantitative estimate of drug-likeness (QED) is 0.889. The van der Waals surface area contributed by atoms with Crippen LogP contribution in [0.1, 0.15) is 43.3 Å². The summed E-state index contributed by atoms with van der Waals surface area (Å²) < 4.78 is 28.4. The average molecular weight is 311 g/mol. The van der Waals surface area contributed by atoms with Gasteiger partial charge in [0.25, 0.3) is 6.43 Å². The number of hydrogen-bond donors (Lipinski definition) is 1. The summed E-state index contributed by atoms with van der Waals surface area (Å²) in [6.07, 6.45) is 0.886. The van der Waals surface area contributed by atoms with Gasteiger partial charge in [-0.2, -0.15) is 10.2 Å². The Labute approximate surface area is 127 Å². The molecular formula is C14H19F2N5O. The van der Waals surface area contributed by atoms with Crippen molar-refractivity contribution in [2.24, 2.45) is 0 Å². The van der Waals surface area contributed by atoms with E-state index < -0.39 is 12.5 Å². The van der Waals surface area contributed by atoms with Crippen molar-refractivity contribution in [3.63, 3.8) is 0 Å². The second-order valence-electron chi connectivity index (χ2n) is 5.05. The standard InChI is InChI=1S/C14H19F2N5O/c1-4-20-8-11(7-18-20)6-17-14(22)10(3)21-9(2)5-12(19-21)13(15)16/h5,7-8,10,13H,4,6H2,1-3H3,(H,17,22). The minimum absolute atomic E-state index is 0.281. The monoisotopic (exact) mass is 311 g/mol. The highest BCUT2D eigenvalue weighted by molar-refractivity contribution is 5.79. The number of hydrogen-bond acceptors (Lipinski definition) is 3. The van der Waals surface area contributed by atoms with E-state index in [0.29, 0.717) is 12.2 Å². The highest BCUT2D eigenvalue weighted by Crippen LogP contribution is 2.20. The van der Waals surface area contributed by atoms with E-state index in [1.807, 2.05) is 13.1 Å². The summed E-state index contributed by atoms with van der Waals surface area (Å²) in [5.74, 6) is -0.281. The number of carbonyl (C=O) groups is 1. The van der Waals surface area contributed by atoms with E-state index >= 15 is 0 Å². The zero-order valence-corrected chi connectivity index (χ0v) is 12.8. The second-order valence-corrected chi connectivity index (χ2v) is 5.05. The van der Waals surface area contributed by atoms with Crippen molar-refractivity contribution in [1.29, 1.82) is 0 Å². The van der Waals surface area contributed by atoms with Gasteiger partial charge in [-0.15, -0.1) is 0 Å². The van der Waals surface area contributed by atoms with E-state index in [-0.39, 0.29) is 11.6 Å². The molecule has 1 N–H and O–H groups in total. The molecule has 1 atom stereocenters. The van der Waals surface area contributed by atoms with Crippen LogP contribution in [-0.4, -0.2) is 25.5 Å². The lowest BCUT2D eigenvalue weighted by Crippen LogP contribution is -2.31. The van der Waals surface area contributed by atoms with Gasteiger partial charge in [0, 0.05) is 30.5 Å². The van der Waals surface area contributed by atoms with Crippen LogP contribution in [0.15, 0.2) is 18.5 Å². The summed E-state index contributed by atoms with van der Waals surface area (Å²) in [7, 11) is 0. The van der Waals surface area contributed by atoms with Crippen LogP contribution in [-0.2, 0) is 17.9 Å². The third-order valence-electron chi connectivity index (χ3n) is 3.39. The number of rotatable bonds is 6. The van der Waals surface area contributed by atoms with Gasteiger partial charge in [-0.25, -0.2) is 8.78 Å². The maximum Gasteiger partial charge on any atom is 0.282 e. The Hall–Kier alpha value is -2.25. The molecule has 8 heteroatoms. The summed E-state index contributed by atoms with van der Waals surface area (Å²) in [5.41, 5.74) is 1.09. The summed E-state index contributed by atoms with van der Waals surface area (Å²) in [5, 5.41) is 10.7. The van der Waals surface area contributed by atoms with Crippen molar-refractivity contribution in [3.05, 3.63) is 35.4 Å². The Balaban J connectivity index is 1.99. The van der Waals surface area contributed by atoms with E-state index in [0.717, 1.165) is 12.1 Å². The number of carbonyl (C=O) groups excluding carboxylic acids is 1. The number of nitrogens with zero attached hydrogens (tertiary/aromatic N) is 4. The molecule has 0 fully saturated rings. The molecule has 22 heavy (non-hydrogen) atoms. The molecule has 0 bridgehead atoms. The first-order chi connectivity index (χ1) is 10.4. The molecule has 0 spiro atoms. The lowest BCUT2D eigenvalue weighted by Gasteiger charge is -2.14. The summed E-state index contributed by atoms with van der Waals surface area (Å²) in [6.45, 7) is 6.34. The van der Waals surface area contributed by atoms with Gasteiger partial charge in [0.2, 0.25) is 5.91 Å². The van der Waals surface area contributed by atoms with Gasteiger partial charge in [-0.3, -0.25) is 14.2 Å². The van der Waals surface area contributed by atoms with E-state index in [1.165, 1.54) is 10.7 Å². The van der Waals surface area contributed by atoms with Crippen LogP contribution in [0.5, 0.6) is 0 Å². The van der Waals surface area contributed by atoms with Crippen LogP contribution in [0.2, 0.25) is 0 Å². The number of aromatic nitrogens is 4. The molecule has 0 aliphatic rings. The molecule has 2 aromatic heterocycles. The lowest BCUT2D eigenvalue weighted by atomic mass is 10.3. The number of alkyl halides is 2. The molecule has 2 rings (SSSR count). The zero-order chi connectivity index (χ0) is 16.3. The molecule has 0 aliphatic heterocycles. The van der Waals surface area contributed by atoms with Crippen LogP contribution in [0.25, 0.3) is 0 Å². The van der Waals surface area contributed by atoms with Crippen LogP contribution < -0.4 is 5.32 Å². The maximum atomic E-state index is 12.6. The Morgan fingerprint density at radius 1 is 1.45 bits per heavy atom. The van der Waals surface area contributed by atoms with Gasteiger partial charge in [-0.05, 0) is 26.8 Å². The van der Waals surface area contributed by atoms with Gasteiger partial charge in [-0.1, -0.05) is 0 Å². The van der Waals surface area contributed by atoms with Gasteiger partial charge in [0.1, 0.15) is 11.7 Å². The number of aryl methyl sites for hydroxylation is 2. The Morgan fingerprint density at radius 2 is 2.18 bits per heavy atom. The number of nitrogens with one attached hydrogen (secondary N) is 1. The molecule has 2 aromatic rings. The van der Waals surface area contributed by atoms with Crippen LogP contribution in [0.3, 0.4) is 0 Å². The molecule has 120 valence electrons. The maximum absolute atomic E-state index is 12.6. The topological polar surface area (TPSA) is 64.7 Å². The van der Waals surface area contributed by atoms with Crippen molar-refractivity contribution < 1.29 is 13.6 Å². The third-order valence-corrected chi connectivity index (χ3v) is 3.39. The van der Waals surface area contributed by atoms with Gasteiger partial charge < -0.3 is 5.32 Å². The summed E-state index contributed by atoms with van der Waals surface area (Å²) >= 11 is 0. The van der Waals surface area contributed by atoms with Gasteiger partial charge in [0.05, 0.1) is 6.20 Å². The SMILES string of the molecule is CCn1cc(CNC(=O)C(C)n2nc(C(F)F)cc2C)cn1. The Kier molecular flexibility index (Phi) is 4.89. The largest absolute Gasteiger partial charge is 0.350 e. The minimum Gasteiger partial charge on any atom is -0.350 e. The average Bonchev–Trinajstić information content (AvgIpc) is 3.10. The predicted octanol–water partition coefficient (Wildman–Crippen LogP) is 2.22. The fourth-order valence-corrected chi connectivity index (χ4v) is 2.13. The van der Waals surface area contributed by atoms with Crippen molar-refractivity contribution in [3.8, 4) is 0 Å². The van der Waals surface area contributed by atoms with Crippen molar-refractivity contribution in [2.45, 2.75) is 46.3 Å². The number of halogens is 2. The molecule has 1 amide bonds. The van der Waals surface area contributed by atoms with Crippen molar-refractivity contribution in [2.75, 3.05) is 0 Å². The number of amides is 1. The smallest absolute Gasteiger partial charge is 0.282 e. The fraction of sp³-hybridized carbons (Fsp3) is 0.500. The molecule has 0 radical (unpaired) electrons.